The molecule has 0 saturated heterocycles. The molecule has 0 aromatic heterocycles. The predicted octanol–water partition coefficient (Wildman–Crippen LogP) is 1.79. The van der Waals surface area contributed by atoms with E-state index >= 15 is 0 Å². The summed E-state index contributed by atoms with van der Waals surface area (Å²) >= 11 is 0. The van der Waals surface area contributed by atoms with Crippen molar-refractivity contribution in [1.82, 2.24) is 0 Å². The molecule has 1 aliphatic rings. The summed E-state index contributed by atoms with van der Waals surface area (Å²) in [6.07, 6.45) is 2.37. The molecule has 2 rings (SSSR count). The predicted molar refractivity (Wildman–Crippen MR) is 60.6 cm³/mol. The topological polar surface area (TPSA) is 29.3 Å². The number of fused-ring (bicyclic) bond motifs is 1. The number of hydrogen-bond donors (Lipinski definition) is 1. The van der Waals surface area contributed by atoms with Crippen LogP contribution in [0.25, 0.3) is 0 Å². The van der Waals surface area contributed by atoms with E-state index in [2.05, 4.69) is 36.1 Å². The third kappa shape index (κ3) is 1.50. The van der Waals surface area contributed by atoms with Gasteiger partial charge in [-0.15, -0.1) is 0 Å². The van der Waals surface area contributed by atoms with E-state index in [-0.39, 0.29) is 0 Å². The van der Waals surface area contributed by atoms with Crippen LogP contribution >= 0.6 is 0 Å². The van der Waals surface area contributed by atoms with E-state index in [1.807, 2.05) is 0 Å². The maximum atomic E-state index is 5.78. The van der Waals surface area contributed by atoms with Gasteiger partial charge >= 0.3 is 0 Å². The number of rotatable bonds is 2. The number of nitrogens with zero attached hydrogens (tertiary/aromatic N) is 1. The molecule has 2 nitrogen and oxygen atoms in total. The van der Waals surface area contributed by atoms with Crippen LogP contribution in [0.4, 0.5) is 5.69 Å². The molecule has 1 atom stereocenters. The van der Waals surface area contributed by atoms with E-state index in [0.717, 1.165) is 13.1 Å². The summed E-state index contributed by atoms with van der Waals surface area (Å²) in [7, 11) is 0. The Morgan fingerprint density at radius 2 is 2.21 bits per heavy atom. The second-order valence-corrected chi connectivity index (χ2v) is 3.84. The minimum Gasteiger partial charge on any atom is -0.367 e. The Kier molecular flexibility index (Phi) is 2.73. The molecule has 1 aromatic carbocycles. The Hall–Kier alpha value is -1.02. The number of likely N-dealkylation sites (N-methyl/N-ethyl adjacent to an activating group) is 1. The lowest BCUT2D eigenvalue weighted by atomic mass is 9.96. The van der Waals surface area contributed by atoms with Gasteiger partial charge in [-0.25, -0.2) is 0 Å². The molecule has 0 bridgehead atoms. The lowest BCUT2D eigenvalue weighted by Crippen LogP contribution is -2.43. The molecule has 1 aromatic rings. The fourth-order valence-corrected chi connectivity index (χ4v) is 2.35. The first-order valence-electron chi connectivity index (χ1n) is 5.41. The first kappa shape index (κ1) is 9.53. The largest absolute Gasteiger partial charge is 0.367 e. The highest BCUT2D eigenvalue weighted by atomic mass is 15.2. The van der Waals surface area contributed by atoms with Gasteiger partial charge in [0.25, 0.3) is 0 Å². The highest BCUT2D eigenvalue weighted by Crippen LogP contribution is 2.29. The van der Waals surface area contributed by atoms with Gasteiger partial charge in [-0.2, -0.15) is 0 Å². The van der Waals surface area contributed by atoms with Crippen LogP contribution in [0.1, 0.15) is 18.9 Å². The summed E-state index contributed by atoms with van der Waals surface area (Å²) in [6.45, 7) is 4.02. The van der Waals surface area contributed by atoms with Crippen LogP contribution < -0.4 is 10.6 Å². The van der Waals surface area contributed by atoms with Crippen LogP contribution in [0, 0.1) is 0 Å². The fraction of sp³-hybridized carbons (Fsp3) is 0.500. The zero-order valence-corrected chi connectivity index (χ0v) is 8.74. The van der Waals surface area contributed by atoms with E-state index in [1.165, 1.54) is 24.1 Å². The molecule has 1 heterocycles. The van der Waals surface area contributed by atoms with Crippen LogP contribution in [0.2, 0.25) is 0 Å². The summed E-state index contributed by atoms with van der Waals surface area (Å²) in [5.41, 5.74) is 8.64. The average molecular weight is 190 g/mol. The highest BCUT2D eigenvalue weighted by molar-refractivity contribution is 5.56. The van der Waals surface area contributed by atoms with Gasteiger partial charge in [0.15, 0.2) is 0 Å². The van der Waals surface area contributed by atoms with Gasteiger partial charge in [-0.05, 0) is 31.4 Å². The van der Waals surface area contributed by atoms with E-state index in [1.54, 1.807) is 0 Å². The monoisotopic (exact) mass is 190 g/mol. The molecule has 2 heteroatoms. The zero-order chi connectivity index (χ0) is 9.97. The van der Waals surface area contributed by atoms with E-state index in [0.29, 0.717) is 6.04 Å². The summed E-state index contributed by atoms with van der Waals surface area (Å²) < 4.78 is 0. The number of hydrogen-bond acceptors (Lipinski definition) is 2. The summed E-state index contributed by atoms with van der Waals surface area (Å²) in [6, 6.07) is 9.20. The van der Waals surface area contributed by atoms with Crippen molar-refractivity contribution in [3.63, 3.8) is 0 Å². The van der Waals surface area contributed by atoms with E-state index < -0.39 is 0 Å². The molecular weight excluding hydrogens is 172 g/mol. The lowest BCUT2D eigenvalue weighted by Gasteiger charge is -2.37. The summed E-state index contributed by atoms with van der Waals surface area (Å²) in [5, 5.41) is 0. The van der Waals surface area contributed by atoms with Crippen molar-refractivity contribution in [2.24, 2.45) is 5.73 Å². The smallest absolute Gasteiger partial charge is 0.0415 e. The van der Waals surface area contributed by atoms with Crippen LogP contribution in [0.3, 0.4) is 0 Å². The van der Waals surface area contributed by atoms with Gasteiger partial charge in [0, 0.05) is 24.8 Å². The first-order chi connectivity index (χ1) is 6.86. The SMILES string of the molecule is CCN1c2ccccc2CC[C@H]1CN. The van der Waals surface area contributed by atoms with E-state index in [4.69, 9.17) is 5.73 Å². The van der Waals surface area contributed by atoms with Crippen molar-refractivity contribution >= 4 is 5.69 Å². The van der Waals surface area contributed by atoms with Crippen molar-refractivity contribution in [3.05, 3.63) is 29.8 Å². The Morgan fingerprint density at radius 3 is 2.93 bits per heavy atom. The Bertz CT molecular complexity index is 309. The number of aryl methyl sites for hydroxylation is 1. The molecule has 0 spiro atoms. The van der Waals surface area contributed by atoms with Crippen molar-refractivity contribution in [2.75, 3.05) is 18.0 Å². The van der Waals surface area contributed by atoms with Gasteiger partial charge in [-0.3, -0.25) is 0 Å². The second kappa shape index (κ2) is 4.01. The standard InChI is InChI=1S/C12H18N2/c1-2-14-11(9-13)8-7-10-5-3-4-6-12(10)14/h3-6,11H,2,7-9,13H2,1H3/t11-/m0/s1. The van der Waals surface area contributed by atoms with Crippen molar-refractivity contribution in [1.29, 1.82) is 0 Å². The van der Waals surface area contributed by atoms with Gasteiger partial charge in [-0.1, -0.05) is 18.2 Å². The zero-order valence-electron chi connectivity index (χ0n) is 8.74. The lowest BCUT2D eigenvalue weighted by molar-refractivity contribution is 0.542. The molecule has 0 radical (unpaired) electrons. The van der Waals surface area contributed by atoms with Crippen LogP contribution in [-0.4, -0.2) is 19.1 Å². The van der Waals surface area contributed by atoms with Crippen molar-refractivity contribution in [3.8, 4) is 0 Å². The molecule has 0 unspecified atom stereocenters. The molecular formula is C12H18N2. The molecule has 0 saturated carbocycles. The molecule has 0 amide bonds. The molecule has 76 valence electrons. The number of nitrogens with two attached hydrogens (primary N) is 1. The van der Waals surface area contributed by atoms with Gasteiger partial charge in [0.1, 0.15) is 0 Å². The highest BCUT2D eigenvalue weighted by Gasteiger charge is 2.22. The second-order valence-electron chi connectivity index (χ2n) is 3.84. The molecule has 0 aliphatic carbocycles. The van der Waals surface area contributed by atoms with Crippen LogP contribution in [-0.2, 0) is 6.42 Å². The number of anilines is 1. The minimum atomic E-state index is 0.537. The van der Waals surface area contributed by atoms with Gasteiger partial charge in [0.2, 0.25) is 0 Å². The molecule has 0 fully saturated rings. The number of benzene rings is 1. The summed E-state index contributed by atoms with van der Waals surface area (Å²) in [5.74, 6) is 0. The Morgan fingerprint density at radius 1 is 1.43 bits per heavy atom. The minimum absolute atomic E-state index is 0.537. The normalized spacial score (nSPS) is 20.7. The maximum absolute atomic E-state index is 5.78. The summed E-state index contributed by atoms with van der Waals surface area (Å²) in [4.78, 5) is 2.43. The average Bonchev–Trinajstić information content (AvgIpc) is 2.27. The number of para-hydroxylation sites is 1. The van der Waals surface area contributed by atoms with Crippen LogP contribution in [0.5, 0.6) is 0 Å². The Balaban J connectivity index is 2.34. The van der Waals surface area contributed by atoms with Gasteiger partial charge in [0.05, 0.1) is 0 Å². The third-order valence-corrected chi connectivity index (χ3v) is 3.10. The van der Waals surface area contributed by atoms with E-state index in [9.17, 15) is 0 Å². The van der Waals surface area contributed by atoms with Gasteiger partial charge < -0.3 is 10.6 Å². The van der Waals surface area contributed by atoms with Crippen LogP contribution in [0.15, 0.2) is 24.3 Å². The fourth-order valence-electron chi connectivity index (χ4n) is 2.35. The van der Waals surface area contributed by atoms with Crippen molar-refractivity contribution < 1.29 is 0 Å². The molecule has 2 N–H and O–H groups in total. The molecule has 1 aliphatic heterocycles. The Labute approximate surface area is 85.7 Å². The first-order valence-corrected chi connectivity index (χ1v) is 5.41. The third-order valence-electron chi connectivity index (χ3n) is 3.10. The quantitative estimate of drug-likeness (QED) is 0.770. The van der Waals surface area contributed by atoms with Crippen molar-refractivity contribution in [2.45, 2.75) is 25.8 Å². The maximum Gasteiger partial charge on any atom is 0.0415 e. The molecule has 14 heavy (non-hydrogen) atoms.